The monoisotopic (exact) mass is 231 g/mol. The van der Waals surface area contributed by atoms with E-state index >= 15 is 0 Å². The van der Waals surface area contributed by atoms with E-state index in [4.69, 9.17) is 9.47 Å². The van der Waals surface area contributed by atoms with E-state index in [1.54, 1.807) is 11.8 Å². The van der Waals surface area contributed by atoms with E-state index < -0.39 is 0 Å². The van der Waals surface area contributed by atoms with Crippen LogP contribution in [0.4, 0.5) is 4.79 Å². The molecule has 6 heteroatoms. The summed E-state index contributed by atoms with van der Waals surface area (Å²) >= 11 is 0. The van der Waals surface area contributed by atoms with Gasteiger partial charge in [0.2, 0.25) is 0 Å². The minimum absolute atomic E-state index is 0.159. The summed E-state index contributed by atoms with van der Waals surface area (Å²) in [6.45, 7) is 3.38. The molecule has 0 aromatic carbocycles. The third-order valence-electron chi connectivity index (χ3n) is 2.29. The van der Waals surface area contributed by atoms with Crippen LogP contribution in [0.25, 0.3) is 0 Å². The van der Waals surface area contributed by atoms with Gasteiger partial charge in [0.1, 0.15) is 0 Å². The number of hydrogen-bond acceptors (Lipinski definition) is 5. The van der Waals surface area contributed by atoms with Crippen molar-refractivity contribution in [3.63, 3.8) is 0 Å². The van der Waals surface area contributed by atoms with E-state index in [-0.39, 0.29) is 24.6 Å². The lowest BCUT2D eigenvalue weighted by atomic mass is 10.2. The lowest BCUT2D eigenvalue weighted by molar-refractivity contribution is -0.145. The van der Waals surface area contributed by atoms with E-state index in [0.29, 0.717) is 26.3 Å². The Balaban J connectivity index is 2.40. The highest BCUT2D eigenvalue weighted by Gasteiger charge is 2.26. The molecule has 6 nitrogen and oxygen atoms in total. The van der Waals surface area contributed by atoms with Crippen LogP contribution in [0.2, 0.25) is 0 Å². The molecule has 1 unspecified atom stereocenters. The second-order valence-electron chi connectivity index (χ2n) is 3.42. The van der Waals surface area contributed by atoms with Gasteiger partial charge < -0.3 is 19.1 Å². The summed E-state index contributed by atoms with van der Waals surface area (Å²) in [6.07, 6.45) is -0.502. The summed E-state index contributed by atoms with van der Waals surface area (Å²) in [4.78, 5) is 24.0. The van der Waals surface area contributed by atoms with Gasteiger partial charge in [-0.15, -0.1) is 0 Å². The smallest absolute Gasteiger partial charge is 0.409 e. The van der Waals surface area contributed by atoms with Gasteiger partial charge in [-0.25, -0.2) is 4.79 Å². The lowest BCUT2D eigenvalue weighted by Crippen LogP contribution is -2.46. The molecule has 1 heterocycles. The molecule has 0 spiro atoms. The summed E-state index contributed by atoms with van der Waals surface area (Å²) in [5, 5.41) is 0. The number of rotatable bonds is 3. The van der Waals surface area contributed by atoms with Gasteiger partial charge in [-0.1, -0.05) is 0 Å². The van der Waals surface area contributed by atoms with Crippen LogP contribution in [0.1, 0.15) is 13.3 Å². The zero-order valence-corrected chi connectivity index (χ0v) is 9.60. The average Bonchev–Trinajstić information content (AvgIpc) is 2.29. The molecule has 1 atom stereocenters. The van der Waals surface area contributed by atoms with Crippen molar-refractivity contribution in [3.05, 3.63) is 0 Å². The molecule has 1 rings (SSSR count). The Labute approximate surface area is 94.4 Å². The number of amides is 1. The third kappa shape index (κ3) is 3.69. The maximum absolute atomic E-state index is 11.4. The van der Waals surface area contributed by atoms with Crippen LogP contribution in [0.5, 0.6) is 0 Å². The van der Waals surface area contributed by atoms with Crippen molar-refractivity contribution < 1.29 is 23.8 Å². The molecule has 0 aromatic rings. The molecule has 1 aliphatic heterocycles. The van der Waals surface area contributed by atoms with Gasteiger partial charge in [0.15, 0.2) is 0 Å². The molecule has 0 N–H and O–H groups in total. The van der Waals surface area contributed by atoms with Crippen molar-refractivity contribution >= 4 is 12.1 Å². The number of carbonyl (C=O) groups excluding carboxylic acids is 2. The van der Waals surface area contributed by atoms with Gasteiger partial charge in [0.05, 0.1) is 39.4 Å². The Morgan fingerprint density at radius 2 is 2.25 bits per heavy atom. The molecule has 16 heavy (non-hydrogen) atoms. The van der Waals surface area contributed by atoms with Crippen LogP contribution < -0.4 is 0 Å². The van der Waals surface area contributed by atoms with E-state index in [0.717, 1.165) is 0 Å². The Bertz CT molecular complexity index is 256. The first-order chi connectivity index (χ1) is 7.67. The predicted molar refractivity (Wildman–Crippen MR) is 55.0 cm³/mol. The number of hydrogen-bond donors (Lipinski definition) is 0. The largest absolute Gasteiger partial charge is 0.469 e. The molecule has 0 aliphatic carbocycles. The molecule has 0 aromatic heterocycles. The maximum Gasteiger partial charge on any atom is 0.409 e. The minimum Gasteiger partial charge on any atom is -0.469 e. The highest BCUT2D eigenvalue weighted by atomic mass is 16.6. The number of esters is 1. The first-order valence-electron chi connectivity index (χ1n) is 5.27. The Kier molecular flexibility index (Phi) is 5.04. The zero-order chi connectivity index (χ0) is 12.0. The summed E-state index contributed by atoms with van der Waals surface area (Å²) in [5.41, 5.74) is 0. The predicted octanol–water partition coefficient (Wildman–Crippen LogP) is 0.407. The van der Waals surface area contributed by atoms with Crippen molar-refractivity contribution in [2.24, 2.45) is 0 Å². The highest BCUT2D eigenvalue weighted by molar-refractivity contribution is 5.70. The minimum atomic E-state index is -0.360. The van der Waals surface area contributed by atoms with Gasteiger partial charge in [0, 0.05) is 6.54 Å². The Hall–Kier alpha value is -1.30. The zero-order valence-electron chi connectivity index (χ0n) is 9.60. The summed E-state index contributed by atoms with van der Waals surface area (Å²) < 4.78 is 14.8. The molecule has 92 valence electrons. The summed E-state index contributed by atoms with van der Waals surface area (Å²) in [6, 6.07) is 0. The molecule has 1 amide bonds. The summed E-state index contributed by atoms with van der Waals surface area (Å²) in [7, 11) is 1.33. The summed E-state index contributed by atoms with van der Waals surface area (Å²) in [5.74, 6) is -0.337. The van der Waals surface area contributed by atoms with Crippen LogP contribution in [0.3, 0.4) is 0 Å². The number of carbonyl (C=O) groups is 2. The van der Waals surface area contributed by atoms with E-state index in [9.17, 15) is 9.59 Å². The van der Waals surface area contributed by atoms with Crippen molar-refractivity contribution in [2.45, 2.75) is 19.4 Å². The van der Waals surface area contributed by atoms with Crippen LogP contribution in [0.15, 0.2) is 0 Å². The number of nitrogens with zero attached hydrogens (tertiary/aromatic N) is 1. The van der Waals surface area contributed by atoms with Crippen molar-refractivity contribution in [2.75, 3.05) is 33.4 Å². The molecule has 0 radical (unpaired) electrons. The van der Waals surface area contributed by atoms with Crippen molar-refractivity contribution in [3.8, 4) is 0 Å². The molecule has 0 bridgehead atoms. The fourth-order valence-corrected chi connectivity index (χ4v) is 1.49. The average molecular weight is 231 g/mol. The Morgan fingerprint density at radius 3 is 2.88 bits per heavy atom. The number of morpholine rings is 1. The fraction of sp³-hybridized carbons (Fsp3) is 0.800. The molecule has 1 saturated heterocycles. The normalized spacial score (nSPS) is 20.4. The third-order valence-corrected chi connectivity index (χ3v) is 2.29. The molecule has 1 aliphatic rings. The van der Waals surface area contributed by atoms with Crippen LogP contribution in [-0.4, -0.2) is 56.5 Å². The second kappa shape index (κ2) is 6.32. The molecular formula is C10H17NO5. The number of methoxy groups -OCH3 is 1. The van der Waals surface area contributed by atoms with Gasteiger partial charge in [0.25, 0.3) is 0 Å². The fourth-order valence-electron chi connectivity index (χ4n) is 1.49. The Morgan fingerprint density at radius 1 is 1.50 bits per heavy atom. The van der Waals surface area contributed by atoms with Crippen molar-refractivity contribution in [1.82, 2.24) is 4.90 Å². The van der Waals surface area contributed by atoms with Gasteiger partial charge in [-0.3, -0.25) is 4.79 Å². The van der Waals surface area contributed by atoms with Gasteiger partial charge in [-0.2, -0.15) is 0 Å². The topological polar surface area (TPSA) is 65.1 Å². The van der Waals surface area contributed by atoms with Crippen molar-refractivity contribution in [1.29, 1.82) is 0 Å². The second-order valence-corrected chi connectivity index (χ2v) is 3.42. The molecule has 1 fully saturated rings. The van der Waals surface area contributed by atoms with E-state index in [1.165, 1.54) is 7.11 Å². The quantitative estimate of drug-likeness (QED) is 0.658. The standard InChI is InChI=1S/C10H17NO5/c1-3-15-10(13)11-4-5-16-8(7-11)6-9(12)14-2/h8H,3-7H2,1-2H3. The first-order valence-corrected chi connectivity index (χ1v) is 5.27. The van der Waals surface area contributed by atoms with E-state index in [2.05, 4.69) is 4.74 Å². The highest BCUT2D eigenvalue weighted by Crippen LogP contribution is 2.10. The maximum atomic E-state index is 11.4. The van der Waals surface area contributed by atoms with Gasteiger partial charge in [-0.05, 0) is 6.92 Å². The SMILES string of the molecule is CCOC(=O)N1CCOC(CC(=O)OC)C1. The number of ether oxygens (including phenoxy) is 3. The van der Waals surface area contributed by atoms with Crippen LogP contribution in [0, 0.1) is 0 Å². The molecular weight excluding hydrogens is 214 g/mol. The first kappa shape index (κ1) is 12.8. The lowest BCUT2D eigenvalue weighted by Gasteiger charge is -2.31. The van der Waals surface area contributed by atoms with E-state index in [1.807, 2.05) is 0 Å². The van der Waals surface area contributed by atoms with Crippen LogP contribution in [-0.2, 0) is 19.0 Å². The van der Waals surface area contributed by atoms with Crippen LogP contribution >= 0.6 is 0 Å². The van der Waals surface area contributed by atoms with Gasteiger partial charge >= 0.3 is 12.1 Å². The molecule has 0 saturated carbocycles.